The van der Waals surface area contributed by atoms with Gasteiger partial charge in [-0.2, -0.15) is 0 Å². The minimum atomic E-state index is -0.732. The lowest BCUT2D eigenvalue weighted by atomic mass is 10.1. The van der Waals surface area contributed by atoms with Gasteiger partial charge < -0.3 is 15.2 Å². The summed E-state index contributed by atoms with van der Waals surface area (Å²) in [6.07, 6.45) is 11.3. The number of ether oxygens (including phenoxy) is 2. The van der Waals surface area contributed by atoms with Crippen LogP contribution in [0.4, 0.5) is 0 Å². The van der Waals surface area contributed by atoms with E-state index < -0.39 is 14.8 Å². The van der Waals surface area contributed by atoms with Crippen molar-refractivity contribution in [2.24, 2.45) is 5.73 Å². The van der Waals surface area contributed by atoms with Crippen molar-refractivity contribution in [3.8, 4) is 0 Å². The second-order valence-electron chi connectivity index (χ2n) is 6.99. The zero-order chi connectivity index (χ0) is 20.9. The molecule has 0 heterocycles. The molecule has 0 aromatic carbocycles. The lowest BCUT2D eigenvalue weighted by Crippen LogP contribution is -2.28. The minimum absolute atomic E-state index is 0.0684. The third-order valence-corrected chi connectivity index (χ3v) is 4.62. The van der Waals surface area contributed by atoms with Gasteiger partial charge in [-0.25, -0.2) is 4.57 Å². The highest BCUT2D eigenvalue weighted by molar-refractivity contribution is 7.17. The normalized spacial score (nSPS) is 12.1. The summed E-state index contributed by atoms with van der Waals surface area (Å²) < 4.78 is 25.7. The van der Waals surface area contributed by atoms with Gasteiger partial charge in [-0.15, -0.1) is 0 Å². The number of hydrogen-bond acceptors (Lipinski definition) is 7. The summed E-state index contributed by atoms with van der Waals surface area (Å²) in [4.78, 5) is 23.7. The second-order valence-corrected chi connectivity index (χ2v) is 7.40. The maximum Gasteiger partial charge on any atom is 0.327 e. The molecule has 0 saturated heterocycles. The third-order valence-electron chi connectivity index (χ3n) is 4.36. The van der Waals surface area contributed by atoms with Gasteiger partial charge >= 0.3 is 20.6 Å². The van der Waals surface area contributed by atoms with Gasteiger partial charge in [0.05, 0.1) is 0 Å². The molecule has 164 valence electrons. The molecule has 0 saturated carbocycles. The Morgan fingerprint density at radius 2 is 1.39 bits per heavy atom. The first-order valence-corrected chi connectivity index (χ1v) is 11.4. The molecule has 0 fully saturated rings. The first-order chi connectivity index (χ1) is 13.6. The van der Waals surface area contributed by atoms with E-state index in [1.807, 2.05) is 0 Å². The fourth-order valence-electron chi connectivity index (χ4n) is 2.73. The Balaban J connectivity index is 3.94. The number of hydrogen-bond donors (Lipinski definition) is 1. The Labute approximate surface area is 171 Å². The standard InChI is InChI=1S/C20H38NO6P/c1-2-3-4-7-11-14-20(23)27-18(17-26-28-24)16-25-19(22)13-10-8-5-6-9-12-15-21/h18H,2-17,21H2,1H3/t18-/m1/s1. The summed E-state index contributed by atoms with van der Waals surface area (Å²) in [7, 11) is -0.495. The average Bonchev–Trinajstić information content (AvgIpc) is 2.69. The van der Waals surface area contributed by atoms with E-state index in [4.69, 9.17) is 19.7 Å². The molecule has 0 aliphatic rings. The number of rotatable bonds is 20. The lowest BCUT2D eigenvalue weighted by Gasteiger charge is -2.16. The third kappa shape index (κ3) is 18.3. The van der Waals surface area contributed by atoms with E-state index in [0.29, 0.717) is 12.8 Å². The van der Waals surface area contributed by atoms with Crippen LogP contribution in [-0.4, -0.2) is 37.8 Å². The first-order valence-electron chi connectivity index (χ1n) is 10.6. The van der Waals surface area contributed by atoms with E-state index in [-0.39, 0.29) is 25.2 Å². The van der Waals surface area contributed by atoms with Gasteiger partial charge in [0.2, 0.25) is 0 Å². The molecule has 0 aromatic heterocycles. The molecule has 1 atom stereocenters. The van der Waals surface area contributed by atoms with Crippen LogP contribution < -0.4 is 5.73 Å². The van der Waals surface area contributed by atoms with Crippen molar-refractivity contribution in [3.05, 3.63) is 0 Å². The van der Waals surface area contributed by atoms with Crippen molar-refractivity contribution < 1.29 is 28.2 Å². The molecule has 7 nitrogen and oxygen atoms in total. The SMILES string of the molecule is CCCCCCCC(=O)O[C@@H](COP=O)COC(=O)CCCCCCCCN. The predicted octanol–water partition coefficient (Wildman–Crippen LogP) is 4.71. The highest BCUT2D eigenvalue weighted by atomic mass is 31.1. The van der Waals surface area contributed by atoms with Gasteiger partial charge in [0.15, 0.2) is 6.10 Å². The molecule has 2 N–H and O–H groups in total. The molecule has 8 heteroatoms. The number of esters is 2. The fourth-order valence-corrected chi connectivity index (χ4v) is 2.95. The zero-order valence-electron chi connectivity index (χ0n) is 17.4. The van der Waals surface area contributed by atoms with Crippen LogP contribution in [0.1, 0.15) is 90.4 Å². The molecule has 28 heavy (non-hydrogen) atoms. The summed E-state index contributed by atoms with van der Waals surface area (Å²) in [6.45, 7) is 2.72. The summed E-state index contributed by atoms with van der Waals surface area (Å²) in [6, 6.07) is 0. The largest absolute Gasteiger partial charge is 0.462 e. The average molecular weight is 419 g/mol. The lowest BCUT2D eigenvalue weighted by molar-refractivity contribution is -0.160. The minimum Gasteiger partial charge on any atom is -0.462 e. The van der Waals surface area contributed by atoms with Crippen LogP contribution >= 0.6 is 8.69 Å². The molecule has 0 unspecified atom stereocenters. The molecule has 0 aliphatic carbocycles. The van der Waals surface area contributed by atoms with Crippen LogP contribution in [0.2, 0.25) is 0 Å². The van der Waals surface area contributed by atoms with Gasteiger partial charge in [0.1, 0.15) is 13.2 Å². The molecular formula is C20H38NO6P. The molecule has 0 rings (SSSR count). The number of carbonyl (C=O) groups is 2. The first kappa shape index (κ1) is 27.0. The second kappa shape index (κ2) is 20.7. The van der Waals surface area contributed by atoms with Crippen LogP contribution in [0.3, 0.4) is 0 Å². The smallest absolute Gasteiger partial charge is 0.327 e. The van der Waals surface area contributed by atoms with Crippen molar-refractivity contribution in [1.82, 2.24) is 0 Å². The molecule has 0 aliphatic heterocycles. The molecular weight excluding hydrogens is 381 g/mol. The molecule has 0 aromatic rings. The number of nitrogens with two attached hydrogens (primary N) is 1. The van der Waals surface area contributed by atoms with Gasteiger partial charge in [0, 0.05) is 12.8 Å². The summed E-state index contributed by atoms with van der Waals surface area (Å²) >= 11 is 0. The Bertz CT molecular complexity index is 408. The van der Waals surface area contributed by atoms with Crippen molar-refractivity contribution in [3.63, 3.8) is 0 Å². The summed E-state index contributed by atoms with van der Waals surface area (Å²) in [5, 5.41) is 0. The Hall–Kier alpha value is -1.04. The van der Waals surface area contributed by atoms with Crippen LogP contribution in [0.25, 0.3) is 0 Å². The highest BCUT2D eigenvalue weighted by Gasteiger charge is 2.17. The molecule has 0 radical (unpaired) electrons. The maximum absolute atomic E-state index is 11.9. The van der Waals surface area contributed by atoms with Crippen LogP contribution in [-0.2, 0) is 28.2 Å². The van der Waals surface area contributed by atoms with Crippen molar-refractivity contribution >= 4 is 20.6 Å². The van der Waals surface area contributed by atoms with Crippen LogP contribution in [0, 0.1) is 0 Å². The predicted molar refractivity (Wildman–Crippen MR) is 109 cm³/mol. The van der Waals surface area contributed by atoms with Crippen LogP contribution in [0.15, 0.2) is 0 Å². The van der Waals surface area contributed by atoms with E-state index in [1.54, 1.807) is 0 Å². The summed E-state index contributed by atoms with van der Waals surface area (Å²) in [5.41, 5.74) is 5.45. The van der Waals surface area contributed by atoms with Crippen molar-refractivity contribution in [1.29, 1.82) is 0 Å². The van der Waals surface area contributed by atoms with Crippen molar-refractivity contribution in [2.45, 2.75) is 96.5 Å². The monoisotopic (exact) mass is 419 g/mol. The van der Waals surface area contributed by atoms with Crippen molar-refractivity contribution in [2.75, 3.05) is 19.8 Å². The van der Waals surface area contributed by atoms with E-state index in [0.717, 1.165) is 77.2 Å². The number of carbonyl (C=O) groups excluding carboxylic acids is 2. The molecule has 0 spiro atoms. The van der Waals surface area contributed by atoms with E-state index in [1.165, 1.54) is 0 Å². The maximum atomic E-state index is 11.9. The Morgan fingerprint density at radius 3 is 2.00 bits per heavy atom. The van der Waals surface area contributed by atoms with E-state index >= 15 is 0 Å². The quantitative estimate of drug-likeness (QED) is 0.173. The summed E-state index contributed by atoms with van der Waals surface area (Å²) in [5.74, 6) is -0.663. The topological polar surface area (TPSA) is 105 Å². The Kier molecular flexibility index (Phi) is 19.9. The molecule has 0 amide bonds. The van der Waals surface area contributed by atoms with Crippen LogP contribution in [0.5, 0.6) is 0 Å². The van der Waals surface area contributed by atoms with Gasteiger partial charge in [-0.3, -0.25) is 14.1 Å². The Morgan fingerprint density at radius 1 is 0.821 bits per heavy atom. The number of unbranched alkanes of at least 4 members (excludes halogenated alkanes) is 9. The van der Waals surface area contributed by atoms with Gasteiger partial charge in [-0.05, 0) is 25.8 Å². The van der Waals surface area contributed by atoms with E-state index in [2.05, 4.69) is 6.92 Å². The van der Waals surface area contributed by atoms with Gasteiger partial charge in [-0.1, -0.05) is 58.3 Å². The van der Waals surface area contributed by atoms with E-state index in [9.17, 15) is 14.2 Å². The zero-order valence-corrected chi connectivity index (χ0v) is 18.3. The fraction of sp³-hybridized carbons (Fsp3) is 0.900. The molecule has 0 bridgehead atoms. The van der Waals surface area contributed by atoms with Gasteiger partial charge in [0.25, 0.3) is 0 Å². The highest BCUT2D eigenvalue weighted by Crippen LogP contribution is 2.10.